The number of hydrogen-bond donors (Lipinski definition) is 0. The normalized spacial score (nSPS) is 12.9. The van der Waals surface area contributed by atoms with E-state index in [1.807, 2.05) is 37.3 Å². The van der Waals surface area contributed by atoms with Gasteiger partial charge in [0.25, 0.3) is 5.91 Å². The van der Waals surface area contributed by atoms with Crippen LogP contribution in [0.5, 0.6) is 0 Å². The molecule has 7 heteroatoms. The van der Waals surface area contributed by atoms with Gasteiger partial charge in [-0.25, -0.2) is 12.7 Å². The van der Waals surface area contributed by atoms with E-state index >= 15 is 0 Å². The minimum absolute atomic E-state index is 0.0733. The van der Waals surface area contributed by atoms with Crippen LogP contribution in [0.2, 0.25) is 0 Å². The Balaban J connectivity index is 2.37. The van der Waals surface area contributed by atoms with Gasteiger partial charge >= 0.3 is 0 Å². The van der Waals surface area contributed by atoms with Gasteiger partial charge in [0.2, 0.25) is 10.0 Å². The van der Waals surface area contributed by atoms with E-state index in [1.54, 1.807) is 24.1 Å². The molecule has 0 aromatic heterocycles. The highest BCUT2D eigenvalue weighted by atomic mass is 79.9. The van der Waals surface area contributed by atoms with E-state index in [1.165, 1.54) is 20.2 Å². The van der Waals surface area contributed by atoms with Crippen LogP contribution >= 0.6 is 15.9 Å². The van der Waals surface area contributed by atoms with E-state index in [-0.39, 0.29) is 16.8 Å². The first-order chi connectivity index (χ1) is 11.7. The summed E-state index contributed by atoms with van der Waals surface area (Å²) < 4.78 is 26.4. The monoisotopic (exact) mass is 424 g/mol. The van der Waals surface area contributed by atoms with Crippen molar-refractivity contribution in [2.45, 2.75) is 17.9 Å². The molecule has 0 saturated carbocycles. The zero-order valence-corrected chi connectivity index (χ0v) is 17.0. The summed E-state index contributed by atoms with van der Waals surface area (Å²) in [5, 5.41) is 0. The zero-order chi connectivity index (χ0) is 18.8. The summed E-state index contributed by atoms with van der Waals surface area (Å²) in [5.74, 6) is -0.237. The van der Waals surface area contributed by atoms with Crippen molar-refractivity contribution in [2.75, 3.05) is 21.1 Å². The number of sulfonamides is 1. The predicted molar refractivity (Wildman–Crippen MR) is 102 cm³/mol. The molecule has 1 unspecified atom stereocenters. The highest BCUT2D eigenvalue weighted by Crippen LogP contribution is 2.27. The van der Waals surface area contributed by atoms with Crippen LogP contribution in [0.3, 0.4) is 0 Å². The van der Waals surface area contributed by atoms with Crippen molar-refractivity contribution in [1.82, 2.24) is 9.21 Å². The maximum Gasteiger partial charge on any atom is 0.254 e. The molecule has 0 aliphatic heterocycles. The minimum atomic E-state index is -3.65. The van der Waals surface area contributed by atoms with Gasteiger partial charge in [-0.3, -0.25) is 4.79 Å². The number of carbonyl (C=O) groups excluding carboxylic acids is 1. The summed E-state index contributed by atoms with van der Waals surface area (Å²) in [6, 6.07) is 14.2. The second-order valence-corrected chi connectivity index (χ2v) is 8.91. The molecule has 2 aromatic carbocycles. The zero-order valence-electron chi connectivity index (χ0n) is 14.6. The summed E-state index contributed by atoms with van der Waals surface area (Å²) in [6.07, 6.45) is 0. The van der Waals surface area contributed by atoms with E-state index in [0.717, 1.165) is 9.87 Å². The first-order valence-electron chi connectivity index (χ1n) is 7.70. The Morgan fingerprint density at radius 1 is 1.04 bits per heavy atom. The average molecular weight is 425 g/mol. The smallest absolute Gasteiger partial charge is 0.254 e. The highest BCUT2D eigenvalue weighted by Gasteiger charge is 2.24. The molecular weight excluding hydrogens is 404 g/mol. The molecule has 0 saturated heterocycles. The lowest BCUT2D eigenvalue weighted by molar-refractivity contribution is 0.0742. The van der Waals surface area contributed by atoms with E-state index in [2.05, 4.69) is 15.9 Å². The average Bonchev–Trinajstić information content (AvgIpc) is 2.60. The maximum atomic E-state index is 12.8. The Kier molecular flexibility index (Phi) is 6.03. The van der Waals surface area contributed by atoms with Crippen LogP contribution in [0.1, 0.15) is 28.9 Å². The molecule has 1 amide bonds. The first kappa shape index (κ1) is 19.6. The Morgan fingerprint density at radius 2 is 1.64 bits per heavy atom. The summed E-state index contributed by atoms with van der Waals surface area (Å²) in [6.45, 7) is 1.93. The van der Waals surface area contributed by atoms with Gasteiger partial charge < -0.3 is 4.90 Å². The second kappa shape index (κ2) is 7.68. The topological polar surface area (TPSA) is 57.7 Å². The van der Waals surface area contributed by atoms with Crippen LogP contribution in [0.15, 0.2) is 57.9 Å². The lowest BCUT2D eigenvalue weighted by atomic mass is 10.1. The third-order valence-corrected chi connectivity index (χ3v) is 6.93. The fourth-order valence-corrected chi connectivity index (χ4v) is 4.21. The van der Waals surface area contributed by atoms with Gasteiger partial charge in [0.1, 0.15) is 0 Å². The van der Waals surface area contributed by atoms with Crippen LogP contribution in [0.4, 0.5) is 0 Å². The quantitative estimate of drug-likeness (QED) is 0.737. The number of hydrogen-bond acceptors (Lipinski definition) is 3. The largest absolute Gasteiger partial charge is 0.335 e. The van der Waals surface area contributed by atoms with Crippen LogP contribution in [-0.4, -0.2) is 44.7 Å². The van der Waals surface area contributed by atoms with Gasteiger partial charge in [0, 0.05) is 31.2 Å². The maximum absolute atomic E-state index is 12.8. The fourth-order valence-electron chi connectivity index (χ4n) is 2.37. The Labute approximate surface area is 157 Å². The molecular formula is C18H21BrN2O3S. The molecule has 134 valence electrons. The van der Waals surface area contributed by atoms with Crippen molar-refractivity contribution >= 4 is 31.9 Å². The van der Waals surface area contributed by atoms with E-state index in [9.17, 15) is 13.2 Å². The Hall–Kier alpha value is -1.70. The third-order valence-electron chi connectivity index (χ3n) is 4.12. The molecule has 25 heavy (non-hydrogen) atoms. The summed E-state index contributed by atoms with van der Waals surface area (Å²) >= 11 is 3.26. The Morgan fingerprint density at radius 3 is 2.20 bits per heavy atom. The molecule has 2 rings (SSSR count). The van der Waals surface area contributed by atoms with Gasteiger partial charge in [0.15, 0.2) is 0 Å². The summed E-state index contributed by atoms with van der Waals surface area (Å²) in [4.78, 5) is 14.5. The van der Waals surface area contributed by atoms with Crippen molar-refractivity contribution in [3.05, 3.63) is 64.1 Å². The van der Waals surface area contributed by atoms with Crippen LogP contribution in [0.25, 0.3) is 0 Å². The van der Waals surface area contributed by atoms with Crippen molar-refractivity contribution in [1.29, 1.82) is 0 Å². The lowest BCUT2D eigenvalue weighted by Crippen LogP contribution is -2.30. The molecule has 0 aliphatic rings. The summed E-state index contributed by atoms with van der Waals surface area (Å²) in [5.41, 5.74) is 1.34. The fraction of sp³-hybridized carbons (Fsp3) is 0.278. The van der Waals surface area contributed by atoms with Gasteiger partial charge in [-0.05, 0) is 46.6 Å². The number of nitrogens with zero attached hydrogens (tertiary/aromatic N) is 2. The second-order valence-electron chi connectivity index (χ2n) is 5.94. The molecule has 2 aromatic rings. The van der Waals surface area contributed by atoms with Crippen molar-refractivity contribution in [3.63, 3.8) is 0 Å². The van der Waals surface area contributed by atoms with Gasteiger partial charge in [-0.1, -0.05) is 30.3 Å². The molecule has 1 atom stereocenters. The van der Waals surface area contributed by atoms with E-state index in [4.69, 9.17) is 0 Å². The number of benzene rings is 2. The van der Waals surface area contributed by atoms with Crippen LogP contribution < -0.4 is 0 Å². The Bertz CT molecular complexity index is 867. The van der Waals surface area contributed by atoms with E-state index in [0.29, 0.717) is 10.0 Å². The first-order valence-corrected chi connectivity index (χ1v) is 9.93. The van der Waals surface area contributed by atoms with E-state index < -0.39 is 10.0 Å². The van der Waals surface area contributed by atoms with Gasteiger partial charge in [-0.15, -0.1) is 0 Å². The molecule has 0 heterocycles. The van der Waals surface area contributed by atoms with Crippen molar-refractivity contribution in [3.8, 4) is 0 Å². The predicted octanol–water partition coefficient (Wildman–Crippen LogP) is 3.53. The standard InChI is InChI=1S/C18H21BrN2O3S/c1-13(14-8-6-5-7-9-14)21(4)18(22)15-10-11-16(19)17(12-15)25(23,24)20(2)3/h5-13H,1-4H3. The van der Waals surface area contributed by atoms with Gasteiger partial charge in [0.05, 0.1) is 10.9 Å². The number of rotatable bonds is 5. The number of halogens is 1. The molecule has 0 radical (unpaired) electrons. The SMILES string of the molecule is CC(c1ccccc1)N(C)C(=O)c1ccc(Br)c(S(=O)(=O)N(C)C)c1. The molecule has 5 nitrogen and oxygen atoms in total. The number of amides is 1. The van der Waals surface area contributed by atoms with Crippen LogP contribution in [0, 0.1) is 0 Å². The lowest BCUT2D eigenvalue weighted by Gasteiger charge is -2.26. The number of carbonyl (C=O) groups is 1. The molecule has 0 bridgehead atoms. The highest BCUT2D eigenvalue weighted by molar-refractivity contribution is 9.10. The molecule has 0 aliphatic carbocycles. The van der Waals surface area contributed by atoms with Crippen LogP contribution in [-0.2, 0) is 10.0 Å². The van der Waals surface area contributed by atoms with Crippen molar-refractivity contribution in [2.24, 2.45) is 0 Å². The van der Waals surface area contributed by atoms with Crippen molar-refractivity contribution < 1.29 is 13.2 Å². The molecule has 0 N–H and O–H groups in total. The van der Waals surface area contributed by atoms with Gasteiger partial charge in [-0.2, -0.15) is 0 Å². The summed E-state index contributed by atoms with van der Waals surface area (Å²) in [7, 11) is 0.981. The molecule has 0 spiro atoms. The molecule has 0 fully saturated rings. The minimum Gasteiger partial charge on any atom is -0.335 e. The third kappa shape index (κ3) is 4.11.